The highest BCUT2D eigenvalue weighted by molar-refractivity contribution is 7.99. The molecule has 36 heavy (non-hydrogen) atoms. The molecule has 5 heteroatoms. The molecule has 1 unspecified atom stereocenters. The van der Waals surface area contributed by atoms with Gasteiger partial charge in [0.2, 0.25) is 11.8 Å². The monoisotopic (exact) mass is 502 g/mol. The van der Waals surface area contributed by atoms with E-state index in [1.807, 2.05) is 94.4 Å². The van der Waals surface area contributed by atoms with Crippen LogP contribution in [0.2, 0.25) is 0 Å². The standard InChI is InChI=1S/C31H38N2O2S/c1-23-15-17-26(18-16-23)20-33(29(34)22-36-21-27-14-10-9-11-24(27)2)28(30(35)32-31(3,4)5)19-25-12-7-6-8-13-25/h6-18,28H,19-22H2,1-5H3,(H,32,35). The largest absolute Gasteiger partial charge is 0.350 e. The summed E-state index contributed by atoms with van der Waals surface area (Å²) in [5.41, 5.74) is 5.26. The van der Waals surface area contributed by atoms with Gasteiger partial charge in [-0.25, -0.2) is 0 Å². The van der Waals surface area contributed by atoms with Gasteiger partial charge in [-0.15, -0.1) is 11.8 Å². The zero-order valence-electron chi connectivity index (χ0n) is 22.1. The molecule has 3 rings (SSSR count). The van der Waals surface area contributed by atoms with Crippen molar-refractivity contribution in [3.05, 3.63) is 107 Å². The minimum atomic E-state index is -0.612. The molecule has 0 radical (unpaired) electrons. The Labute approximate surface area is 220 Å². The number of carbonyl (C=O) groups is 2. The van der Waals surface area contributed by atoms with Crippen LogP contribution in [0.3, 0.4) is 0 Å². The second-order valence-electron chi connectivity index (χ2n) is 10.4. The molecule has 0 aliphatic rings. The van der Waals surface area contributed by atoms with Gasteiger partial charge < -0.3 is 10.2 Å². The first-order chi connectivity index (χ1) is 17.1. The van der Waals surface area contributed by atoms with Crippen molar-refractivity contribution in [3.8, 4) is 0 Å². The van der Waals surface area contributed by atoms with Crippen LogP contribution in [0.5, 0.6) is 0 Å². The molecular formula is C31H38N2O2S. The van der Waals surface area contributed by atoms with Crippen LogP contribution in [0.25, 0.3) is 0 Å². The molecule has 0 saturated carbocycles. The van der Waals surface area contributed by atoms with E-state index < -0.39 is 11.6 Å². The molecule has 0 fully saturated rings. The van der Waals surface area contributed by atoms with E-state index in [9.17, 15) is 9.59 Å². The number of nitrogens with one attached hydrogen (secondary N) is 1. The van der Waals surface area contributed by atoms with Crippen LogP contribution < -0.4 is 5.32 Å². The Bertz CT molecular complexity index is 1140. The van der Waals surface area contributed by atoms with Crippen molar-refractivity contribution in [2.24, 2.45) is 0 Å². The van der Waals surface area contributed by atoms with Crippen molar-refractivity contribution in [2.75, 3.05) is 5.75 Å². The Kier molecular flexibility index (Phi) is 9.77. The van der Waals surface area contributed by atoms with E-state index in [0.717, 1.165) is 22.4 Å². The number of rotatable bonds is 10. The summed E-state index contributed by atoms with van der Waals surface area (Å²) in [6, 6.07) is 25.7. The van der Waals surface area contributed by atoms with Crippen molar-refractivity contribution < 1.29 is 9.59 Å². The van der Waals surface area contributed by atoms with Gasteiger partial charge in [-0.3, -0.25) is 9.59 Å². The van der Waals surface area contributed by atoms with Gasteiger partial charge in [0.05, 0.1) is 5.75 Å². The Hall–Kier alpha value is -3.05. The van der Waals surface area contributed by atoms with E-state index >= 15 is 0 Å². The van der Waals surface area contributed by atoms with Crippen molar-refractivity contribution >= 4 is 23.6 Å². The van der Waals surface area contributed by atoms with E-state index in [1.54, 1.807) is 16.7 Å². The van der Waals surface area contributed by atoms with Crippen LogP contribution in [0.1, 0.15) is 48.6 Å². The van der Waals surface area contributed by atoms with Gasteiger partial charge in [0.25, 0.3) is 0 Å². The van der Waals surface area contributed by atoms with E-state index in [4.69, 9.17) is 0 Å². The smallest absolute Gasteiger partial charge is 0.243 e. The molecule has 0 aromatic heterocycles. The molecule has 0 spiro atoms. The predicted molar refractivity (Wildman–Crippen MR) is 151 cm³/mol. The van der Waals surface area contributed by atoms with Crippen molar-refractivity contribution in [1.82, 2.24) is 10.2 Å². The van der Waals surface area contributed by atoms with Gasteiger partial charge in [-0.2, -0.15) is 0 Å². The highest BCUT2D eigenvalue weighted by Crippen LogP contribution is 2.20. The van der Waals surface area contributed by atoms with Gasteiger partial charge >= 0.3 is 0 Å². The lowest BCUT2D eigenvalue weighted by atomic mass is 10.0. The first kappa shape index (κ1) is 27.5. The maximum absolute atomic E-state index is 13.7. The Morgan fingerprint density at radius 1 is 0.861 bits per heavy atom. The van der Waals surface area contributed by atoms with Gasteiger partial charge in [0.15, 0.2) is 0 Å². The quantitative estimate of drug-likeness (QED) is 0.365. The molecule has 0 aliphatic carbocycles. The minimum Gasteiger partial charge on any atom is -0.350 e. The molecule has 0 saturated heterocycles. The maximum Gasteiger partial charge on any atom is 0.243 e. The summed E-state index contributed by atoms with van der Waals surface area (Å²) in [7, 11) is 0. The summed E-state index contributed by atoms with van der Waals surface area (Å²) >= 11 is 1.60. The van der Waals surface area contributed by atoms with E-state index in [1.165, 1.54) is 11.1 Å². The third-order valence-corrected chi connectivity index (χ3v) is 6.95. The predicted octanol–water partition coefficient (Wildman–Crippen LogP) is 6.09. The molecule has 0 aliphatic heterocycles. The molecule has 190 valence electrons. The molecule has 1 N–H and O–H groups in total. The third kappa shape index (κ3) is 8.56. The van der Waals surface area contributed by atoms with Gasteiger partial charge in [0.1, 0.15) is 6.04 Å². The lowest BCUT2D eigenvalue weighted by Gasteiger charge is -2.34. The van der Waals surface area contributed by atoms with Gasteiger partial charge in [0, 0.05) is 24.3 Å². The second kappa shape index (κ2) is 12.8. The fourth-order valence-electron chi connectivity index (χ4n) is 4.00. The number of benzene rings is 3. The first-order valence-corrected chi connectivity index (χ1v) is 13.6. The van der Waals surface area contributed by atoms with E-state index in [-0.39, 0.29) is 11.8 Å². The number of amides is 2. The zero-order chi connectivity index (χ0) is 26.1. The summed E-state index contributed by atoms with van der Waals surface area (Å²) in [4.78, 5) is 29.1. The SMILES string of the molecule is Cc1ccc(CN(C(=O)CSCc2ccccc2C)C(Cc2ccccc2)C(=O)NC(C)(C)C)cc1. The van der Waals surface area contributed by atoms with E-state index in [0.29, 0.717) is 18.7 Å². The number of aryl methyl sites for hydroxylation is 2. The summed E-state index contributed by atoms with van der Waals surface area (Å²) < 4.78 is 0. The molecule has 2 amide bonds. The summed E-state index contributed by atoms with van der Waals surface area (Å²) in [5.74, 6) is 0.915. The van der Waals surface area contributed by atoms with E-state index in [2.05, 4.69) is 24.4 Å². The van der Waals surface area contributed by atoms with Gasteiger partial charge in [-0.1, -0.05) is 84.4 Å². The third-order valence-electron chi connectivity index (χ3n) is 5.99. The summed E-state index contributed by atoms with van der Waals surface area (Å²) in [6.07, 6.45) is 0.461. The molecule has 0 bridgehead atoms. The van der Waals surface area contributed by atoms with Crippen LogP contribution in [0.4, 0.5) is 0 Å². The van der Waals surface area contributed by atoms with Gasteiger partial charge in [-0.05, 0) is 56.9 Å². The summed E-state index contributed by atoms with van der Waals surface area (Å²) in [6.45, 7) is 10.4. The molecule has 3 aromatic carbocycles. The highest BCUT2D eigenvalue weighted by atomic mass is 32.2. The normalized spacial score (nSPS) is 12.1. The number of hydrogen-bond donors (Lipinski definition) is 1. The number of hydrogen-bond acceptors (Lipinski definition) is 3. The minimum absolute atomic E-state index is 0.0286. The lowest BCUT2D eigenvalue weighted by Crippen LogP contribution is -2.54. The van der Waals surface area contributed by atoms with Crippen molar-refractivity contribution in [1.29, 1.82) is 0 Å². The molecule has 4 nitrogen and oxygen atoms in total. The molecule has 0 heterocycles. The fraction of sp³-hybridized carbons (Fsp3) is 0.355. The number of carbonyl (C=O) groups excluding carboxylic acids is 2. The lowest BCUT2D eigenvalue weighted by molar-refractivity contribution is -0.140. The van der Waals surface area contributed by atoms with Crippen molar-refractivity contribution in [3.63, 3.8) is 0 Å². The zero-order valence-corrected chi connectivity index (χ0v) is 22.9. The molecule has 1 atom stereocenters. The summed E-state index contributed by atoms with van der Waals surface area (Å²) in [5, 5.41) is 3.12. The number of thioether (sulfide) groups is 1. The second-order valence-corrected chi connectivity index (χ2v) is 11.4. The highest BCUT2D eigenvalue weighted by Gasteiger charge is 2.32. The molecular weight excluding hydrogens is 464 g/mol. The maximum atomic E-state index is 13.7. The molecule has 3 aromatic rings. The number of nitrogens with zero attached hydrogens (tertiary/aromatic N) is 1. The van der Waals surface area contributed by atoms with Crippen LogP contribution >= 0.6 is 11.8 Å². The van der Waals surface area contributed by atoms with Crippen LogP contribution in [-0.4, -0.2) is 34.0 Å². The van der Waals surface area contributed by atoms with Crippen LogP contribution in [0, 0.1) is 13.8 Å². The van der Waals surface area contributed by atoms with Crippen LogP contribution in [0.15, 0.2) is 78.9 Å². The van der Waals surface area contributed by atoms with Crippen molar-refractivity contribution in [2.45, 2.75) is 64.9 Å². The topological polar surface area (TPSA) is 49.4 Å². The van der Waals surface area contributed by atoms with Crippen LogP contribution in [-0.2, 0) is 28.3 Å². The Morgan fingerprint density at radius 2 is 1.50 bits per heavy atom. The average molecular weight is 503 g/mol. The average Bonchev–Trinajstić information content (AvgIpc) is 2.83. The Balaban J connectivity index is 1.87. The fourth-order valence-corrected chi connectivity index (χ4v) is 4.99. The first-order valence-electron chi connectivity index (χ1n) is 12.5. The Morgan fingerprint density at radius 3 is 2.14 bits per heavy atom.